The van der Waals surface area contributed by atoms with Crippen LogP contribution in [0.5, 0.6) is 11.5 Å². The molecule has 0 unspecified atom stereocenters. The molecule has 13 aromatic rings. The van der Waals surface area contributed by atoms with Gasteiger partial charge in [0.25, 0.3) is 0 Å². The molecular weight excluding hydrogens is 1210 g/mol. The molecule has 0 fully saturated rings. The Morgan fingerprint density at radius 3 is 1.65 bits per heavy atom. The van der Waals surface area contributed by atoms with Crippen molar-refractivity contribution >= 4 is 44.6 Å². The summed E-state index contributed by atoms with van der Waals surface area (Å²) in [5.41, 5.74) is 21.0. The molecule has 0 atom stereocenters. The molecule has 2 aromatic heterocycles. The molecule has 0 bridgehead atoms. The van der Waals surface area contributed by atoms with Gasteiger partial charge < -0.3 is 19.1 Å². The topological polar surface area (TPSA) is 38.5 Å². The Balaban J connectivity index is 0.00000627. The number of ether oxygens (including phenoxy) is 1. The second kappa shape index (κ2) is 21.4. The molecule has 7 heteroatoms. The van der Waals surface area contributed by atoms with Crippen LogP contribution in [0.2, 0.25) is 0 Å². The van der Waals surface area contributed by atoms with Gasteiger partial charge in [0.15, 0.2) is 0 Å². The average molecular weight is 1260 g/mol. The molecule has 0 spiro atoms. The van der Waals surface area contributed by atoms with Gasteiger partial charge in [0.2, 0.25) is 5.95 Å². The average Bonchev–Trinajstić information content (AvgIpc) is 1.65. The molecule has 0 N–H and O–H groups in total. The number of hydrogen-bond donors (Lipinski definition) is 0. The van der Waals surface area contributed by atoms with E-state index in [9.17, 15) is 0 Å². The van der Waals surface area contributed by atoms with E-state index in [-0.39, 0.29) is 21.1 Å². The molecule has 0 radical (unpaired) electrons. The first-order chi connectivity index (χ1) is 40.8. The van der Waals surface area contributed by atoms with Gasteiger partial charge in [-0.1, -0.05) is 221 Å². The molecule has 15 rings (SSSR count). The number of para-hydroxylation sites is 4. The van der Waals surface area contributed by atoms with Crippen LogP contribution in [0, 0.1) is 18.8 Å². The van der Waals surface area contributed by atoms with Crippen molar-refractivity contribution in [1.82, 2.24) is 14.1 Å². The molecular formula is C77H58N5OPt-3. The van der Waals surface area contributed by atoms with Crippen LogP contribution in [0.25, 0.3) is 66.8 Å². The van der Waals surface area contributed by atoms with Crippen molar-refractivity contribution in [2.45, 2.75) is 44.9 Å². The second-order valence-corrected chi connectivity index (χ2v) is 22.3. The summed E-state index contributed by atoms with van der Waals surface area (Å²) in [7, 11) is 0. The van der Waals surface area contributed by atoms with Crippen LogP contribution in [-0.2, 0) is 26.5 Å². The SMILES string of the molecule is CC(C)c1cccc(C(C)C)c1-n1ccnc1-n1c2[c-]c(Oc3[c-]c(N4[CH-]N(c5c(-c6ccccc6)cc(C6(c7ccccc7)c7ccccc7-c7ccccc76)cc5-c5ccccc5)c5ccccc54)ccc3)ccc2c2ccccc21.[Pt]. The van der Waals surface area contributed by atoms with Crippen LogP contribution in [0.15, 0.2) is 261 Å². The zero-order chi connectivity index (χ0) is 55.8. The number of rotatable bonds is 12. The van der Waals surface area contributed by atoms with Crippen LogP contribution in [0.3, 0.4) is 0 Å². The largest absolute Gasteiger partial charge is 0.509 e. The first-order valence-corrected chi connectivity index (χ1v) is 28.7. The predicted octanol–water partition coefficient (Wildman–Crippen LogP) is 19.7. The number of benzene rings is 11. The molecule has 0 saturated heterocycles. The van der Waals surface area contributed by atoms with Crippen LogP contribution in [0.1, 0.15) is 72.9 Å². The minimum atomic E-state index is -0.619. The summed E-state index contributed by atoms with van der Waals surface area (Å²) in [6.45, 7) is 11.3. The maximum Gasteiger partial charge on any atom is 0.217 e. The van der Waals surface area contributed by atoms with Crippen molar-refractivity contribution in [2.75, 3.05) is 9.80 Å². The number of aromatic nitrogens is 3. The van der Waals surface area contributed by atoms with E-state index in [0.717, 1.165) is 72.8 Å². The molecule has 84 heavy (non-hydrogen) atoms. The normalized spacial score (nSPS) is 13.1. The van der Waals surface area contributed by atoms with Crippen molar-refractivity contribution in [1.29, 1.82) is 0 Å². The first-order valence-electron chi connectivity index (χ1n) is 28.7. The van der Waals surface area contributed by atoms with Gasteiger partial charge in [0.1, 0.15) is 0 Å². The van der Waals surface area contributed by atoms with Crippen LogP contribution < -0.4 is 14.5 Å². The summed E-state index contributed by atoms with van der Waals surface area (Å²) in [4.78, 5) is 9.71. The Morgan fingerprint density at radius 2 is 1.01 bits per heavy atom. The molecule has 2 aliphatic rings. The second-order valence-electron chi connectivity index (χ2n) is 22.3. The summed E-state index contributed by atoms with van der Waals surface area (Å²) < 4.78 is 11.4. The third-order valence-electron chi connectivity index (χ3n) is 16.9. The van der Waals surface area contributed by atoms with E-state index in [2.05, 4.69) is 302 Å². The summed E-state index contributed by atoms with van der Waals surface area (Å²) >= 11 is 0. The van der Waals surface area contributed by atoms with E-state index in [4.69, 9.17) is 9.72 Å². The monoisotopic (exact) mass is 1260 g/mol. The van der Waals surface area contributed by atoms with E-state index in [1.165, 1.54) is 50.2 Å². The minimum Gasteiger partial charge on any atom is -0.509 e. The van der Waals surface area contributed by atoms with Crippen LogP contribution in [-0.4, -0.2) is 14.1 Å². The van der Waals surface area contributed by atoms with Gasteiger partial charge in [0, 0.05) is 78.7 Å². The maximum atomic E-state index is 6.88. The van der Waals surface area contributed by atoms with Crippen molar-refractivity contribution in [3.8, 4) is 56.5 Å². The van der Waals surface area contributed by atoms with Crippen molar-refractivity contribution in [3.63, 3.8) is 0 Å². The summed E-state index contributed by atoms with van der Waals surface area (Å²) in [5, 5.41) is 2.18. The number of fused-ring (bicyclic) bond motifs is 7. The fourth-order valence-electron chi connectivity index (χ4n) is 13.3. The van der Waals surface area contributed by atoms with E-state index in [1.54, 1.807) is 0 Å². The molecule has 0 amide bonds. The number of anilines is 4. The zero-order valence-electron chi connectivity index (χ0n) is 47.0. The number of imidazole rings is 1. The van der Waals surface area contributed by atoms with Gasteiger partial charge in [0.05, 0.1) is 11.1 Å². The molecule has 6 nitrogen and oxygen atoms in total. The van der Waals surface area contributed by atoms with E-state index >= 15 is 0 Å². The fraction of sp³-hybridized carbons (Fsp3) is 0.0909. The smallest absolute Gasteiger partial charge is 0.217 e. The summed E-state index contributed by atoms with van der Waals surface area (Å²) in [6.07, 6.45) is 4.00. The third kappa shape index (κ3) is 8.45. The maximum absolute atomic E-state index is 6.88. The van der Waals surface area contributed by atoms with Crippen LogP contribution >= 0.6 is 0 Å². The third-order valence-corrected chi connectivity index (χ3v) is 16.9. The van der Waals surface area contributed by atoms with Gasteiger partial charge in [-0.15, -0.1) is 48.1 Å². The minimum absolute atomic E-state index is 0. The van der Waals surface area contributed by atoms with Crippen LogP contribution in [0.4, 0.5) is 22.7 Å². The number of hydrogen-bond acceptors (Lipinski definition) is 4. The van der Waals surface area contributed by atoms with E-state index in [0.29, 0.717) is 23.3 Å². The molecule has 1 aliphatic heterocycles. The first kappa shape index (κ1) is 52.6. The summed E-state index contributed by atoms with van der Waals surface area (Å²) in [6, 6.07) is 97.4. The van der Waals surface area contributed by atoms with E-state index in [1.807, 2.05) is 24.4 Å². The quantitative estimate of drug-likeness (QED) is 0.114. The number of nitrogens with zero attached hydrogens (tertiary/aromatic N) is 5. The molecule has 410 valence electrons. The Labute approximate surface area is 505 Å². The van der Waals surface area contributed by atoms with Gasteiger partial charge >= 0.3 is 0 Å². The Hall–Kier alpha value is -9.48. The molecule has 11 aromatic carbocycles. The fourth-order valence-corrected chi connectivity index (χ4v) is 13.3. The van der Waals surface area contributed by atoms with Crippen molar-refractivity contribution in [2.24, 2.45) is 0 Å². The Bertz CT molecular complexity index is 4470. The van der Waals surface area contributed by atoms with Gasteiger partial charge in [-0.2, -0.15) is 12.1 Å². The standard InChI is InChI=1S/C77H58N5O.Pt/c1-51(2)60-35-23-36-61(52(3)4)74(60)79-45-44-78-76(79)82-70-39-19-16-34-64(70)65-43-42-59(49-73(65)82)83-58-31-22-30-57(48-58)80-50-81(72-41-21-20-40-71(72)80)75-66(53-24-8-5-9-25-53)46-56(47-67(75)54-26-10-6-11-27-54)77(55-28-12-7-13-29-55)68-37-17-14-32-62(68)63-33-15-18-38-69(63)77;/h5-47,50-52H,1-4H3;/q-3;. The van der Waals surface area contributed by atoms with Crippen molar-refractivity contribution < 1.29 is 25.8 Å². The zero-order valence-corrected chi connectivity index (χ0v) is 49.3. The van der Waals surface area contributed by atoms with E-state index < -0.39 is 5.41 Å². The molecule has 0 saturated carbocycles. The van der Waals surface area contributed by atoms with Gasteiger partial charge in [-0.25, -0.2) is 4.98 Å². The molecule has 3 heterocycles. The Kier molecular flexibility index (Phi) is 13.4. The van der Waals surface area contributed by atoms with Gasteiger partial charge in [-0.3, -0.25) is 4.57 Å². The predicted molar refractivity (Wildman–Crippen MR) is 340 cm³/mol. The van der Waals surface area contributed by atoms with Gasteiger partial charge in [-0.05, 0) is 103 Å². The Morgan fingerprint density at radius 1 is 0.464 bits per heavy atom. The molecule has 1 aliphatic carbocycles. The van der Waals surface area contributed by atoms with Crippen molar-refractivity contribution in [3.05, 3.63) is 313 Å². The summed E-state index contributed by atoms with van der Waals surface area (Å²) in [5.74, 6) is 2.56.